The summed E-state index contributed by atoms with van der Waals surface area (Å²) >= 11 is 3.08. The summed E-state index contributed by atoms with van der Waals surface area (Å²) in [5.74, 6) is 0.656. The highest BCUT2D eigenvalue weighted by molar-refractivity contribution is 8.00. The summed E-state index contributed by atoms with van der Waals surface area (Å²) in [6.07, 6.45) is 1.92. The lowest BCUT2D eigenvalue weighted by atomic mass is 10.2. The average Bonchev–Trinajstić information content (AvgIpc) is 2.94. The van der Waals surface area contributed by atoms with Crippen molar-refractivity contribution in [1.82, 2.24) is 14.8 Å². The normalized spacial score (nSPS) is 17.8. The maximum atomic E-state index is 12.4. The highest BCUT2D eigenvalue weighted by atomic mass is 32.2. The van der Waals surface area contributed by atoms with Crippen molar-refractivity contribution in [1.29, 1.82) is 5.26 Å². The fourth-order valence-electron chi connectivity index (χ4n) is 3.11. The SMILES string of the molecule is CSc1nc(C2SCC(=O)N2CCN(C(C)C)C(C)C)ccc1C#N. The topological polar surface area (TPSA) is 60.2 Å². The first kappa shape index (κ1) is 20.1. The standard InChI is InChI=1S/C18H26N4OS2/c1-12(2)21(13(3)4)8-9-22-16(23)11-25-18(22)15-7-6-14(10-19)17(20-15)24-5/h6-7,12-13,18H,8-9,11H2,1-5H3. The summed E-state index contributed by atoms with van der Waals surface area (Å²) in [6.45, 7) is 10.3. The van der Waals surface area contributed by atoms with Gasteiger partial charge in [-0.15, -0.1) is 23.5 Å². The molecule has 2 rings (SSSR count). The third-order valence-corrected chi connectivity index (χ3v) is 6.27. The van der Waals surface area contributed by atoms with E-state index < -0.39 is 0 Å². The minimum Gasteiger partial charge on any atom is -0.323 e. The number of carbonyl (C=O) groups excluding carboxylic acids is 1. The van der Waals surface area contributed by atoms with E-state index in [-0.39, 0.29) is 11.3 Å². The van der Waals surface area contributed by atoms with Gasteiger partial charge in [-0.1, -0.05) is 0 Å². The lowest BCUT2D eigenvalue weighted by Crippen LogP contribution is -2.43. The zero-order chi connectivity index (χ0) is 18.6. The average molecular weight is 379 g/mol. The molecule has 1 aromatic rings. The number of rotatable bonds is 7. The number of hydrogen-bond donors (Lipinski definition) is 0. The van der Waals surface area contributed by atoms with E-state index >= 15 is 0 Å². The van der Waals surface area contributed by atoms with Crippen LogP contribution in [0, 0.1) is 11.3 Å². The van der Waals surface area contributed by atoms with Gasteiger partial charge in [-0.25, -0.2) is 4.98 Å². The predicted molar refractivity (Wildman–Crippen MR) is 105 cm³/mol. The van der Waals surface area contributed by atoms with Gasteiger partial charge in [-0.2, -0.15) is 5.26 Å². The van der Waals surface area contributed by atoms with Crippen molar-refractivity contribution in [3.8, 4) is 6.07 Å². The molecule has 0 aromatic carbocycles. The lowest BCUT2D eigenvalue weighted by Gasteiger charge is -2.33. The van der Waals surface area contributed by atoms with Crippen LogP contribution < -0.4 is 0 Å². The zero-order valence-corrected chi connectivity index (χ0v) is 17.2. The van der Waals surface area contributed by atoms with Crippen LogP contribution >= 0.6 is 23.5 Å². The first-order valence-corrected chi connectivity index (χ1v) is 10.8. The van der Waals surface area contributed by atoms with E-state index in [1.807, 2.05) is 23.3 Å². The Morgan fingerprint density at radius 1 is 1.40 bits per heavy atom. The molecule has 0 bridgehead atoms. The largest absolute Gasteiger partial charge is 0.323 e. The second kappa shape index (κ2) is 8.93. The molecule has 0 spiro atoms. The summed E-state index contributed by atoms with van der Waals surface area (Å²) in [4.78, 5) is 21.4. The number of thioether (sulfide) groups is 2. The molecule has 25 heavy (non-hydrogen) atoms. The zero-order valence-electron chi connectivity index (χ0n) is 15.5. The summed E-state index contributed by atoms with van der Waals surface area (Å²) in [7, 11) is 0. The fourth-order valence-corrected chi connectivity index (χ4v) is 4.81. The molecule has 2 heterocycles. The van der Waals surface area contributed by atoms with Crippen LogP contribution in [0.1, 0.15) is 44.3 Å². The first-order chi connectivity index (χ1) is 11.9. The van der Waals surface area contributed by atoms with E-state index in [1.165, 1.54) is 11.8 Å². The minimum absolute atomic E-state index is 0.0627. The molecule has 1 atom stereocenters. The number of aromatic nitrogens is 1. The van der Waals surface area contributed by atoms with Crippen molar-refractivity contribution < 1.29 is 4.79 Å². The van der Waals surface area contributed by atoms with Crippen LogP contribution in [0.5, 0.6) is 0 Å². The highest BCUT2D eigenvalue weighted by Crippen LogP contribution is 2.38. The van der Waals surface area contributed by atoms with Crippen molar-refractivity contribution in [2.75, 3.05) is 25.1 Å². The number of nitrogens with zero attached hydrogens (tertiary/aromatic N) is 4. The van der Waals surface area contributed by atoms with E-state index in [0.29, 0.717) is 29.9 Å². The van der Waals surface area contributed by atoms with E-state index in [9.17, 15) is 10.1 Å². The van der Waals surface area contributed by atoms with Gasteiger partial charge in [0.05, 0.1) is 17.0 Å². The van der Waals surface area contributed by atoms with Gasteiger partial charge in [0.15, 0.2) is 0 Å². The molecular weight excluding hydrogens is 352 g/mol. The Labute approximate surface area is 159 Å². The van der Waals surface area contributed by atoms with Crippen LogP contribution in [-0.4, -0.2) is 57.9 Å². The maximum Gasteiger partial charge on any atom is 0.233 e. The van der Waals surface area contributed by atoms with Gasteiger partial charge in [0.1, 0.15) is 16.5 Å². The van der Waals surface area contributed by atoms with Crippen LogP contribution in [-0.2, 0) is 4.79 Å². The van der Waals surface area contributed by atoms with Crippen molar-refractivity contribution in [2.45, 2.75) is 50.2 Å². The molecule has 0 radical (unpaired) electrons. The molecule has 1 amide bonds. The van der Waals surface area contributed by atoms with E-state index in [2.05, 4.69) is 43.6 Å². The third-order valence-electron chi connectivity index (χ3n) is 4.34. The number of hydrogen-bond acceptors (Lipinski definition) is 6. The Bertz CT molecular complexity index is 649. The Hall–Kier alpha value is -1.23. The number of pyridine rings is 1. The van der Waals surface area contributed by atoms with E-state index in [1.54, 1.807) is 11.8 Å². The van der Waals surface area contributed by atoms with Gasteiger partial charge in [0.2, 0.25) is 5.91 Å². The van der Waals surface area contributed by atoms with Gasteiger partial charge >= 0.3 is 0 Å². The van der Waals surface area contributed by atoms with Gasteiger partial charge in [0, 0.05) is 25.2 Å². The molecule has 1 aliphatic rings. The van der Waals surface area contributed by atoms with Crippen molar-refractivity contribution in [2.24, 2.45) is 0 Å². The molecule has 0 saturated carbocycles. The van der Waals surface area contributed by atoms with Crippen molar-refractivity contribution >= 4 is 29.4 Å². The minimum atomic E-state index is -0.0627. The predicted octanol–water partition coefficient (Wildman–Crippen LogP) is 3.37. The molecule has 5 nitrogen and oxygen atoms in total. The Kier molecular flexibility index (Phi) is 7.17. The number of nitriles is 1. The first-order valence-electron chi connectivity index (χ1n) is 8.50. The Balaban J connectivity index is 2.18. The monoisotopic (exact) mass is 378 g/mol. The Morgan fingerprint density at radius 2 is 2.08 bits per heavy atom. The summed E-state index contributed by atoms with van der Waals surface area (Å²) in [6, 6.07) is 6.75. The molecule has 1 unspecified atom stereocenters. The molecule has 1 saturated heterocycles. The molecule has 1 aliphatic heterocycles. The summed E-state index contributed by atoms with van der Waals surface area (Å²) in [5, 5.41) is 9.84. The summed E-state index contributed by atoms with van der Waals surface area (Å²) < 4.78 is 0. The second-order valence-electron chi connectivity index (χ2n) is 6.58. The smallest absolute Gasteiger partial charge is 0.233 e. The van der Waals surface area contributed by atoms with Gasteiger partial charge in [-0.3, -0.25) is 9.69 Å². The summed E-state index contributed by atoms with van der Waals surface area (Å²) in [5.41, 5.74) is 1.45. The van der Waals surface area contributed by atoms with E-state index in [4.69, 9.17) is 0 Å². The van der Waals surface area contributed by atoms with E-state index in [0.717, 1.165) is 17.3 Å². The van der Waals surface area contributed by atoms with Crippen LogP contribution in [0.4, 0.5) is 0 Å². The second-order valence-corrected chi connectivity index (χ2v) is 8.44. The van der Waals surface area contributed by atoms with Crippen molar-refractivity contribution in [3.63, 3.8) is 0 Å². The fraction of sp³-hybridized carbons (Fsp3) is 0.611. The quantitative estimate of drug-likeness (QED) is 0.678. The van der Waals surface area contributed by atoms with Crippen LogP contribution in [0.25, 0.3) is 0 Å². The third kappa shape index (κ3) is 4.69. The van der Waals surface area contributed by atoms with Gasteiger partial charge in [-0.05, 0) is 46.1 Å². The molecule has 136 valence electrons. The molecule has 7 heteroatoms. The van der Waals surface area contributed by atoms with Crippen molar-refractivity contribution in [3.05, 3.63) is 23.4 Å². The lowest BCUT2D eigenvalue weighted by molar-refractivity contribution is -0.128. The molecule has 1 aromatic heterocycles. The van der Waals surface area contributed by atoms with Crippen LogP contribution in [0.2, 0.25) is 0 Å². The highest BCUT2D eigenvalue weighted by Gasteiger charge is 2.34. The molecule has 0 aliphatic carbocycles. The Morgan fingerprint density at radius 3 is 2.64 bits per heavy atom. The van der Waals surface area contributed by atoms with Gasteiger partial charge < -0.3 is 4.90 Å². The van der Waals surface area contributed by atoms with Gasteiger partial charge in [0.25, 0.3) is 0 Å². The molecule has 1 fully saturated rings. The maximum absolute atomic E-state index is 12.4. The number of amides is 1. The number of carbonyl (C=O) groups is 1. The van der Waals surface area contributed by atoms with Crippen LogP contribution in [0.3, 0.4) is 0 Å². The molecular formula is C18H26N4OS2. The molecule has 0 N–H and O–H groups in total. The van der Waals surface area contributed by atoms with Crippen LogP contribution in [0.15, 0.2) is 17.2 Å².